The summed E-state index contributed by atoms with van der Waals surface area (Å²) < 4.78 is 6.69. The molecule has 0 bridgehead atoms. The third-order valence-electron chi connectivity index (χ3n) is 5.96. The van der Waals surface area contributed by atoms with E-state index in [9.17, 15) is 9.59 Å². The molecule has 1 N–H and O–H groups in total. The number of aromatic nitrogens is 3. The standard InChI is InChI=1S/C28H31N5O3/c1-19-9-11-22(12-10-19)27(28(35)29-13-14-36-4)33(23-16-20(2)15-21(3)17-23)26(34)18-32-25-8-6-5-7-24(25)30-31-32/h5-12,15-17,27H,13-14,18H2,1-4H3,(H,29,35). The van der Waals surface area contributed by atoms with Crippen molar-refractivity contribution >= 4 is 28.5 Å². The average Bonchev–Trinajstić information content (AvgIpc) is 3.25. The van der Waals surface area contributed by atoms with E-state index < -0.39 is 6.04 Å². The molecule has 2 amide bonds. The van der Waals surface area contributed by atoms with Crippen LogP contribution in [0.4, 0.5) is 5.69 Å². The van der Waals surface area contributed by atoms with Gasteiger partial charge in [0.15, 0.2) is 0 Å². The Kier molecular flexibility index (Phi) is 7.75. The highest BCUT2D eigenvalue weighted by atomic mass is 16.5. The van der Waals surface area contributed by atoms with E-state index in [1.807, 2.05) is 87.5 Å². The van der Waals surface area contributed by atoms with Gasteiger partial charge in [-0.25, -0.2) is 4.68 Å². The smallest absolute Gasteiger partial charge is 0.249 e. The molecule has 8 nitrogen and oxygen atoms in total. The van der Waals surface area contributed by atoms with Crippen LogP contribution in [-0.2, 0) is 20.9 Å². The number of nitrogens with one attached hydrogen (secondary N) is 1. The lowest BCUT2D eigenvalue weighted by molar-refractivity contribution is -0.127. The quantitative estimate of drug-likeness (QED) is 0.363. The van der Waals surface area contributed by atoms with Crippen LogP contribution >= 0.6 is 0 Å². The van der Waals surface area contributed by atoms with Gasteiger partial charge in [-0.15, -0.1) is 5.10 Å². The minimum atomic E-state index is -0.883. The number of methoxy groups -OCH3 is 1. The van der Waals surface area contributed by atoms with E-state index in [2.05, 4.69) is 15.6 Å². The summed E-state index contributed by atoms with van der Waals surface area (Å²) in [7, 11) is 1.58. The highest BCUT2D eigenvalue weighted by Gasteiger charge is 2.33. The number of aryl methyl sites for hydroxylation is 3. The van der Waals surface area contributed by atoms with Crippen molar-refractivity contribution in [2.24, 2.45) is 0 Å². The summed E-state index contributed by atoms with van der Waals surface area (Å²) in [5, 5.41) is 11.3. The van der Waals surface area contributed by atoms with Crippen LogP contribution in [0.3, 0.4) is 0 Å². The maximum absolute atomic E-state index is 14.0. The lowest BCUT2D eigenvalue weighted by Crippen LogP contribution is -2.46. The van der Waals surface area contributed by atoms with Crippen molar-refractivity contribution in [3.63, 3.8) is 0 Å². The van der Waals surface area contributed by atoms with Crippen molar-refractivity contribution in [3.8, 4) is 0 Å². The molecule has 8 heteroatoms. The Morgan fingerprint density at radius 3 is 2.36 bits per heavy atom. The maximum Gasteiger partial charge on any atom is 0.249 e. The monoisotopic (exact) mass is 485 g/mol. The van der Waals surface area contributed by atoms with Gasteiger partial charge in [-0.2, -0.15) is 0 Å². The Morgan fingerprint density at radius 1 is 0.972 bits per heavy atom. The van der Waals surface area contributed by atoms with Crippen molar-refractivity contribution in [3.05, 3.63) is 89.0 Å². The van der Waals surface area contributed by atoms with E-state index in [1.165, 1.54) is 0 Å². The van der Waals surface area contributed by atoms with Crippen LogP contribution in [0.5, 0.6) is 0 Å². The second kappa shape index (κ2) is 11.1. The first-order valence-corrected chi connectivity index (χ1v) is 11.9. The van der Waals surface area contributed by atoms with Gasteiger partial charge in [0.2, 0.25) is 11.8 Å². The van der Waals surface area contributed by atoms with Crippen molar-refractivity contribution in [2.75, 3.05) is 25.2 Å². The summed E-state index contributed by atoms with van der Waals surface area (Å²) >= 11 is 0. The number of rotatable bonds is 9. The first-order chi connectivity index (χ1) is 17.4. The summed E-state index contributed by atoms with van der Waals surface area (Å²) in [6, 6.07) is 20.2. The largest absolute Gasteiger partial charge is 0.383 e. The van der Waals surface area contributed by atoms with Crippen LogP contribution in [0.1, 0.15) is 28.3 Å². The summed E-state index contributed by atoms with van der Waals surface area (Å²) in [5.74, 6) is -0.560. The normalized spacial score (nSPS) is 11.9. The molecule has 0 aliphatic rings. The molecule has 1 aromatic heterocycles. The predicted octanol–water partition coefficient (Wildman–Crippen LogP) is 3.89. The fraction of sp³-hybridized carbons (Fsp3) is 0.286. The van der Waals surface area contributed by atoms with Gasteiger partial charge in [0.05, 0.1) is 12.1 Å². The minimum absolute atomic E-state index is 0.0682. The van der Waals surface area contributed by atoms with E-state index in [0.29, 0.717) is 29.9 Å². The van der Waals surface area contributed by atoms with Crippen molar-refractivity contribution in [1.82, 2.24) is 20.3 Å². The maximum atomic E-state index is 14.0. The molecule has 0 radical (unpaired) electrons. The van der Waals surface area contributed by atoms with E-state index >= 15 is 0 Å². The predicted molar refractivity (Wildman–Crippen MR) is 140 cm³/mol. The SMILES string of the molecule is COCCNC(=O)C(c1ccc(C)cc1)N(C(=O)Cn1nnc2ccccc21)c1cc(C)cc(C)c1. The van der Waals surface area contributed by atoms with E-state index in [0.717, 1.165) is 22.2 Å². The molecule has 4 aromatic rings. The Bertz CT molecular complexity index is 1340. The van der Waals surface area contributed by atoms with Crippen LogP contribution in [0.2, 0.25) is 0 Å². The minimum Gasteiger partial charge on any atom is -0.383 e. The zero-order chi connectivity index (χ0) is 25.7. The lowest BCUT2D eigenvalue weighted by atomic mass is 10.0. The number of para-hydroxylation sites is 1. The third kappa shape index (κ3) is 5.60. The van der Waals surface area contributed by atoms with E-state index in [1.54, 1.807) is 16.7 Å². The van der Waals surface area contributed by atoms with Crippen molar-refractivity contribution in [2.45, 2.75) is 33.4 Å². The molecule has 36 heavy (non-hydrogen) atoms. The average molecular weight is 486 g/mol. The summed E-state index contributed by atoms with van der Waals surface area (Å²) in [6.45, 7) is 6.57. The topological polar surface area (TPSA) is 89.4 Å². The van der Waals surface area contributed by atoms with Crippen molar-refractivity contribution in [1.29, 1.82) is 0 Å². The van der Waals surface area contributed by atoms with Gasteiger partial charge in [-0.05, 0) is 61.7 Å². The molecule has 0 saturated heterocycles. The summed E-state index contributed by atoms with van der Waals surface area (Å²) in [4.78, 5) is 29.2. The second-order valence-corrected chi connectivity index (χ2v) is 8.94. The fourth-order valence-electron chi connectivity index (χ4n) is 4.30. The van der Waals surface area contributed by atoms with Gasteiger partial charge < -0.3 is 10.1 Å². The third-order valence-corrected chi connectivity index (χ3v) is 5.96. The summed E-state index contributed by atoms with van der Waals surface area (Å²) in [6.07, 6.45) is 0. The van der Waals surface area contributed by atoms with Gasteiger partial charge in [-0.3, -0.25) is 14.5 Å². The van der Waals surface area contributed by atoms with Crippen LogP contribution in [0.15, 0.2) is 66.7 Å². The Hall–Kier alpha value is -4.04. The zero-order valence-electron chi connectivity index (χ0n) is 21.1. The molecule has 0 spiro atoms. The van der Waals surface area contributed by atoms with Crippen LogP contribution in [0.25, 0.3) is 11.0 Å². The number of anilines is 1. The van der Waals surface area contributed by atoms with Gasteiger partial charge in [0.25, 0.3) is 0 Å². The number of hydrogen-bond donors (Lipinski definition) is 1. The molecule has 0 saturated carbocycles. The molecule has 0 aliphatic carbocycles. The molecular formula is C28H31N5O3. The number of fused-ring (bicyclic) bond motifs is 1. The second-order valence-electron chi connectivity index (χ2n) is 8.94. The first kappa shape index (κ1) is 25.1. The summed E-state index contributed by atoms with van der Waals surface area (Å²) in [5.41, 5.74) is 5.88. The van der Waals surface area contributed by atoms with Gasteiger partial charge in [0.1, 0.15) is 18.1 Å². The number of hydrogen-bond acceptors (Lipinski definition) is 5. The lowest BCUT2D eigenvalue weighted by Gasteiger charge is -2.32. The number of nitrogens with zero attached hydrogens (tertiary/aromatic N) is 4. The van der Waals surface area contributed by atoms with E-state index in [4.69, 9.17) is 4.74 Å². The Balaban J connectivity index is 1.80. The molecular weight excluding hydrogens is 454 g/mol. The molecule has 1 heterocycles. The number of carbonyl (C=O) groups excluding carboxylic acids is 2. The molecule has 0 fully saturated rings. The number of benzene rings is 3. The van der Waals surface area contributed by atoms with Crippen LogP contribution in [0, 0.1) is 20.8 Å². The highest BCUT2D eigenvalue weighted by molar-refractivity contribution is 6.01. The number of amides is 2. The molecule has 0 aliphatic heterocycles. The van der Waals surface area contributed by atoms with Gasteiger partial charge in [-0.1, -0.05) is 53.2 Å². The van der Waals surface area contributed by atoms with Crippen molar-refractivity contribution < 1.29 is 14.3 Å². The molecule has 1 unspecified atom stereocenters. The Morgan fingerprint density at radius 2 is 1.67 bits per heavy atom. The molecule has 4 rings (SSSR count). The first-order valence-electron chi connectivity index (χ1n) is 11.9. The number of ether oxygens (including phenoxy) is 1. The zero-order valence-corrected chi connectivity index (χ0v) is 21.1. The molecule has 1 atom stereocenters. The fourth-order valence-corrected chi connectivity index (χ4v) is 4.30. The van der Waals surface area contributed by atoms with Crippen LogP contribution in [-0.4, -0.2) is 47.1 Å². The molecule has 186 valence electrons. The van der Waals surface area contributed by atoms with E-state index in [-0.39, 0.29) is 18.4 Å². The van der Waals surface area contributed by atoms with Crippen LogP contribution < -0.4 is 10.2 Å². The number of carbonyl (C=O) groups is 2. The highest BCUT2D eigenvalue weighted by Crippen LogP contribution is 2.30. The Labute approximate surface area is 210 Å². The molecule has 3 aromatic carbocycles. The van der Waals surface area contributed by atoms with Gasteiger partial charge >= 0.3 is 0 Å². The van der Waals surface area contributed by atoms with Gasteiger partial charge in [0, 0.05) is 19.3 Å².